The van der Waals surface area contributed by atoms with Crippen molar-refractivity contribution >= 4 is 12.0 Å². The van der Waals surface area contributed by atoms with Crippen molar-refractivity contribution in [3.63, 3.8) is 0 Å². The maximum Gasteiger partial charge on any atom is 0.410 e. The third-order valence-corrected chi connectivity index (χ3v) is 3.15. The molecule has 0 aromatic carbocycles. The molecule has 0 saturated carbocycles. The first-order valence-corrected chi connectivity index (χ1v) is 7.83. The predicted octanol–water partition coefficient (Wildman–Crippen LogP) is 2.56. The molecule has 1 fully saturated rings. The third kappa shape index (κ3) is 6.31. The van der Waals surface area contributed by atoms with Gasteiger partial charge >= 0.3 is 6.09 Å². The highest BCUT2D eigenvalue weighted by atomic mass is 16.6. The highest BCUT2D eigenvalue weighted by Gasteiger charge is 2.29. The molecule has 23 heavy (non-hydrogen) atoms. The summed E-state index contributed by atoms with van der Waals surface area (Å²) in [5.74, 6) is -0.272. The molecule has 0 unspecified atom stereocenters. The van der Waals surface area contributed by atoms with E-state index < -0.39 is 5.60 Å². The fourth-order valence-electron chi connectivity index (χ4n) is 2.16. The van der Waals surface area contributed by atoms with Gasteiger partial charge in [-0.05, 0) is 26.2 Å². The van der Waals surface area contributed by atoms with Gasteiger partial charge in [-0.2, -0.15) is 5.26 Å². The van der Waals surface area contributed by atoms with E-state index in [-0.39, 0.29) is 23.0 Å². The number of carbonyl (C=O) groups is 2. The SMILES string of the molecule is CC(C)(C)/C=C(\C#N)C(=O)N1CCN(C(=O)OC(C)(C)C)CC1. The van der Waals surface area contributed by atoms with Gasteiger partial charge in [-0.25, -0.2) is 4.79 Å². The number of carbonyl (C=O) groups excluding carboxylic acids is 2. The molecular formula is C17H27N3O3. The van der Waals surface area contributed by atoms with Crippen LogP contribution in [0.3, 0.4) is 0 Å². The Morgan fingerprint density at radius 1 is 1.00 bits per heavy atom. The molecule has 0 aliphatic carbocycles. The van der Waals surface area contributed by atoms with Crippen molar-refractivity contribution in [1.29, 1.82) is 5.26 Å². The summed E-state index contributed by atoms with van der Waals surface area (Å²) < 4.78 is 5.33. The molecule has 0 aromatic rings. The standard InChI is InChI=1S/C17H27N3O3/c1-16(2,3)11-13(12-18)14(21)19-7-9-20(10-8-19)15(22)23-17(4,5)6/h11H,7-10H2,1-6H3/b13-11+. The minimum Gasteiger partial charge on any atom is -0.444 e. The van der Waals surface area contributed by atoms with E-state index in [4.69, 9.17) is 4.74 Å². The average Bonchev–Trinajstić information content (AvgIpc) is 2.41. The third-order valence-electron chi connectivity index (χ3n) is 3.15. The van der Waals surface area contributed by atoms with Crippen LogP contribution in [0.1, 0.15) is 41.5 Å². The summed E-state index contributed by atoms with van der Waals surface area (Å²) in [6.07, 6.45) is 1.32. The van der Waals surface area contributed by atoms with E-state index in [0.29, 0.717) is 26.2 Å². The molecular weight excluding hydrogens is 294 g/mol. The number of ether oxygens (including phenoxy) is 1. The number of rotatable bonds is 1. The van der Waals surface area contributed by atoms with Gasteiger partial charge in [0.1, 0.15) is 17.2 Å². The molecule has 0 N–H and O–H groups in total. The van der Waals surface area contributed by atoms with Crippen molar-refractivity contribution < 1.29 is 14.3 Å². The number of nitrogens with zero attached hydrogens (tertiary/aromatic N) is 3. The summed E-state index contributed by atoms with van der Waals surface area (Å²) in [5, 5.41) is 9.21. The van der Waals surface area contributed by atoms with Crippen LogP contribution in [0.5, 0.6) is 0 Å². The Bertz CT molecular complexity index is 525. The Morgan fingerprint density at radius 2 is 1.48 bits per heavy atom. The predicted molar refractivity (Wildman–Crippen MR) is 87.5 cm³/mol. The average molecular weight is 321 g/mol. The van der Waals surface area contributed by atoms with Crippen molar-refractivity contribution in [3.05, 3.63) is 11.6 Å². The monoisotopic (exact) mass is 321 g/mol. The fourth-order valence-corrected chi connectivity index (χ4v) is 2.16. The Labute approximate surface area is 138 Å². The Balaban J connectivity index is 2.66. The normalized spacial score (nSPS) is 16.8. The van der Waals surface area contributed by atoms with Crippen molar-refractivity contribution in [2.24, 2.45) is 5.41 Å². The van der Waals surface area contributed by atoms with Crippen LogP contribution in [-0.2, 0) is 9.53 Å². The Hall–Kier alpha value is -2.03. The lowest BCUT2D eigenvalue weighted by molar-refractivity contribution is -0.128. The summed E-state index contributed by atoms with van der Waals surface area (Å²) in [5.41, 5.74) is -0.616. The molecule has 1 aliphatic heterocycles. The van der Waals surface area contributed by atoms with Gasteiger partial charge < -0.3 is 14.5 Å². The molecule has 1 rings (SSSR count). The summed E-state index contributed by atoms with van der Waals surface area (Å²) in [6.45, 7) is 12.9. The molecule has 1 aliphatic rings. The first-order valence-electron chi connectivity index (χ1n) is 7.83. The molecule has 0 spiro atoms. The van der Waals surface area contributed by atoms with Crippen molar-refractivity contribution in [2.75, 3.05) is 26.2 Å². The van der Waals surface area contributed by atoms with Crippen LogP contribution < -0.4 is 0 Å². The summed E-state index contributed by atoms with van der Waals surface area (Å²) >= 11 is 0. The summed E-state index contributed by atoms with van der Waals surface area (Å²) in [7, 11) is 0. The Morgan fingerprint density at radius 3 is 1.87 bits per heavy atom. The topological polar surface area (TPSA) is 73.6 Å². The molecule has 0 radical (unpaired) electrons. The van der Waals surface area contributed by atoms with Crippen LogP contribution >= 0.6 is 0 Å². The summed E-state index contributed by atoms with van der Waals surface area (Å²) in [4.78, 5) is 27.6. The Kier molecular flexibility index (Phi) is 5.81. The molecule has 0 bridgehead atoms. The molecule has 0 aromatic heterocycles. The first kappa shape index (κ1) is 19.0. The largest absolute Gasteiger partial charge is 0.444 e. The summed E-state index contributed by atoms with van der Waals surface area (Å²) in [6, 6.07) is 1.99. The van der Waals surface area contributed by atoms with Crippen LogP contribution in [0.15, 0.2) is 11.6 Å². The second-order valence-electron chi connectivity index (χ2n) is 7.80. The smallest absolute Gasteiger partial charge is 0.410 e. The van der Waals surface area contributed by atoms with Crippen molar-refractivity contribution in [3.8, 4) is 6.07 Å². The van der Waals surface area contributed by atoms with Crippen molar-refractivity contribution in [1.82, 2.24) is 9.80 Å². The molecule has 128 valence electrons. The maximum atomic E-state index is 12.4. The van der Waals surface area contributed by atoms with Gasteiger partial charge in [0.2, 0.25) is 0 Å². The minimum atomic E-state index is -0.534. The van der Waals surface area contributed by atoms with E-state index in [1.54, 1.807) is 15.9 Å². The highest BCUT2D eigenvalue weighted by molar-refractivity contribution is 5.97. The van der Waals surface area contributed by atoms with E-state index in [9.17, 15) is 14.9 Å². The van der Waals surface area contributed by atoms with Gasteiger partial charge in [-0.15, -0.1) is 0 Å². The van der Waals surface area contributed by atoms with Crippen LogP contribution in [0, 0.1) is 16.7 Å². The van der Waals surface area contributed by atoms with Crippen LogP contribution in [0.4, 0.5) is 4.79 Å². The second-order valence-corrected chi connectivity index (χ2v) is 7.80. The lowest BCUT2D eigenvalue weighted by atomic mass is 9.93. The maximum absolute atomic E-state index is 12.4. The fraction of sp³-hybridized carbons (Fsp3) is 0.706. The van der Waals surface area contributed by atoms with E-state index in [2.05, 4.69) is 0 Å². The second kappa shape index (κ2) is 7.03. The number of amides is 2. The van der Waals surface area contributed by atoms with Crippen molar-refractivity contribution in [2.45, 2.75) is 47.1 Å². The number of hydrogen-bond acceptors (Lipinski definition) is 4. The minimum absolute atomic E-state index is 0.156. The van der Waals surface area contributed by atoms with E-state index in [1.165, 1.54) is 0 Å². The van der Waals surface area contributed by atoms with Gasteiger partial charge in [-0.1, -0.05) is 26.8 Å². The van der Waals surface area contributed by atoms with Crippen LogP contribution in [0.2, 0.25) is 0 Å². The van der Waals surface area contributed by atoms with E-state index in [0.717, 1.165) is 0 Å². The van der Waals surface area contributed by atoms with Gasteiger partial charge in [0.05, 0.1) is 0 Å². The van der Waals surface area contributed by atoms with E-state index >= 15 is 0 Å². The molecule has 6 heteroatoms. The molecule has 6 nitrogen and oxygen atoms in total. The number of nitriles is 1. The van der Waals surface area contributed by atoms with Crippen LogP contribution in [0.25, 0.3) is 0 Å². The zero-order valence-electron chi connectivity index (χ0n) is 15.0. The number of hydrogen-bond donors (Lipinski definition) is 0. The zero-order valence-corrected chi connectivity index (χ0v) is 15.0. The van der Waals surface area contributed by atoms with Gasteiger partial charge in [-0.3, -0.25) is 4.79 Å². The quantitative estimate of drug-likeness (QED) is 0.549. The zero-order chi connectivity index (χ0) is 17.8. The van der Waals surface area contributed by atoms with Gasteiger partial charge in [0.25, 0.3) is 5.91 Å². The van der Waals surface area contributed by atoms with Gasteiger partial charge in [0.15, 0.2) is 0 Å². The lowest BCUT2D eigenvalue weighted by Crippen LogP contribution is -2.51. The first-order chi connectivity index (χ1) is 10.4. The highest BCUT2D eigenvalue weighted by Crippen LogP contribution is 2.19. The number of allylic oxidation sites excluding steroid dienone is 1. The van der Waals surface area contributed by atoms with Crippen LogP contribution in [-0.4, -0.2) is 53.6 Å². The molecule has 1 saturated heterocycles. The number of piperazine rings is 1. The lowest BCUT2D eigenvalue weighted by Gasteiger charge is -2.35. The molecule has 2 amide bonds. The molecule has 0 atom stereocenters. The van der Waals surface area contributed by atoms with E-state index in [1.807, 2.05) is 47.6 Å². The van der Waals surface area contributed by atoms with Gasteiger partial charge in [0, 0.05) is 26.2 Å². The molecule has 1 heterocycles.